The second-order valence-corrected chi connectivity index (χ2v) is 6.96. The van der Waals surface area contributed by atoms with Gasteiger partial charge in [-0.3, -0.25) is 9.89 Å². The van der Waals surface area contributed by atoms with Gasteiger partial charge in [-0.05, 0) is 39.0 Å². The van der Waals surface area contributed by atoms with E-state index in [2.05, 4.69) is 20.6 Å². The third kappa shape index (κ3) is 2.62. The Hall–Kier alpha value is -2.93. The highest BCUT2D eigenvalue weighted by molar-refractivity contribution is 7.20. The number of fused-ring (bicyclic) bond motifs is 1. The van der Waals surface area contributed by atoms with Crippen molar-refractivity contribution in [3.8, 4) is 5.69 Å². The van der Waals surface area contributed by atoms with Gasteiger partial charge >= 0.3 is 0 Å². The molecule has 1 amide bonds. The molecular weight excluding hydrogens is 334 g/mol. The molecule has 1 aromatic carbocycles. The van der Waals surface area contributed by atoms with Crippen molar-refractivity contribution in [2.75, 3.05) is 5.32 Å². The number of nitrogens with zero attached hydrogens (tertiary/aromatic N) is 3. The Morgan fingerprint density at radius 3 is 2.60 bits per heavy atom. The van der Waals surface area contributed by atoms with E-state index in [9.17, 15) is 4.79 Å². The fraction of sp³-hybridized carbons (Fsp3) is 0.167. The molecule has 126 valence electrons. The first-order valence-corrected chi connectivity index (χ1v) is 8.73. The first-order chi connectivity index (χ1) is 12.0. The lowest BCUT2D eigenvalue weighted by Crippen LogP contribution is -2.11. The molecule has 2 N–H and O–H groups in total. The van der Waals surface area contributed by atoms with E-state index >= 15 is 0 Å². The summed E-state index contributed by atoms with van der Waals surface area (Å²) in [4.78, 5) is 14.3. The van der Waals surface area contributed by atoms with E-state index in [1.807, 2.05) is 61.9 Å². The van der Waals surface area contributed by atoms with Crippen LogP contribution in [0.4, 0.5) is 5.69 Å². The van der Waals surface area contributed by atoms with Crippen LogP contribution in [0.15, 0.2) is 36.4 Å². The molecule has 0 spiro atoms. The van der Waals surface area contributed by atoms with E-state index in [1.54, 1.807) is 0 Å². The lowest BCUT2D eigenvalue weighted by Gasteiger charge is -2.03. The van der Waals surface area contributed by atoms with Gasteiger partial charge < -0.3 is 5.32 Å². The van der Waals surface area contributed by atoms with Crippen molar-refractivity contribution in [3.05, 3.63) is 58.4 Å². The van der Waals surface area contributed by atoms with Crippen LogP contribution in [-0.4, -0.2) is 25.9 Å². The minimum Gasteiger partial charge on any atom is -0.318 e. The van der Waals surface area contributed by atoms with Crippen molar-refractivity contribution in [1.29, 1.82) is 0 Å². The van der Waals surface area contributed by atoms with E-state index in [1.165, 1.54) is 11.3 Å². The lowest BCUT2D eigenvalue weighted by molar-refractivity contribution is 0.103. The van der Waals surface area contributed by atoms with Crippen molar-refractivity contribution >= 4 is 33.1 Å². The number of hydrogen-bond acceptors (Lipinski definition) is 4. The van der Waals surface area contributed by atoms with Gasteiger partial charge in [-0.2, -0.15) is 10.2 Å². The third-order valence-corrected chi connectivity index (χ3v) is 5.25. The normalized spacial score (nSPS) is 11.2. The Morgan fingerprint density at radius 2 is 1.92 bits per heavy atom. The summed E-state index contributed by atoms with van der Waals surface area (Å²) in [5.74, 6) is -0.132. The molecule has 3 aromatic heterocycles. The van der Waals surface area contributed by atoms with Crippen LogP contribution in [0.1, 0.15) is 26.8 Å². The Labute approximate surface area is 148 Å². The Bertz CT molecular complexity index is 1050. The van der Waals surface area contributed by atoms with Crippen LogP contribution in [-0.2, 0) is 0 Å². The number of amides is 1. The van der Waals surface area contributed by atoms with Gasteiger partial charge in [-0.15, -0.1) is 11.3 Å². The van der Waals surface area contributed by atoms with Crippen LogP contribution in [0.2, 0.25) is 0 Å². The smallest absolute Gasteiger partial charge is 0.265 e. The van der Waals surface area contributed by atoms with Crippen LogP contribution in [0, 0.1) is 20.8 Å². The third-order valence-electron chi connectivity index (χ3n) is 4.14. The standard InChI is InChI=1S/C18H17N5OS/c1-10-14-9-15(17(24)19-16-11(2)20-21-12(16)3)25-18(14)23(22-10)13-7-5-4-6-8-13/h4-9H,1-3H3,(H,19,24)(H,20,21). The second kappa shape index (κ2) is 5.86. The van der Waals surface area contributed by atoms with Crippen LogP contribution in [0.5, 0.6) is 0 Å². The SMILES string of the molecule is Cc1n[nH]c(C)c1NC(=O)c1cc2c(C)nn(-c3ccccc3)c2s1. The number of aromatic nitrogens is 4. The molecule has 7 heteroatoms. The van der Waals surface area contributed by atoms with Gasteiger partial charge in [0.25, 0.3) is 5.91 Å². The highest BCUT2D eigenvalue weighted by Gasteiger charge is 2.18. The monoisotopic (exact) mass is 351 g/mol. The summed E-state index contributed by atoms with van der Waals surface area (Å²) >= 11 is 1.44. The molecule has 0 saturated heterocycles. The fourth-order valence-electron chi connectivity index (χ4n) is 2.81. The number of nitrogens with one attached hydrogen (secondary N) is 2. The van der Waals surface area contributed by atoms with Crippen molar-refractivity contribution in [2.45, 2.75) is 20.8 Å². The predicted octanol–water partition coefficient (Wildman–Crippen LogP) is 3.99. The van der Waals surface area contributed by atoms with Gasteiger partial charge in [-0.25, -0.2) is 4.68 Å². The maximum Gasteiger partial charge on any atom is 0.265 e. The number of hydrogen-bond donors (Lipinski definition) is 2. The number of benzene rings is 1. The maximum absolute atomic E-state index is 12.7. The van der Waals surface area contributed by atoms with E-state index < -0.39 is 0 Å². The van der Waals surface area contributed by atoms with E-state index in [0.29, 0.717) is 4.88 Å². The summed E-state index contributed by atoms with van der Waals surface area (Å²) in [7, 11) is 0. The van der Waals surface area contributed by atoms with Crippen molar-refractivity contribution in [1.82, 2.24) is 20.0 Å². The number of carbonyl (C=O) groups excluding carboxylic acids is 1. The van der Waals surface area contributed by atoms with Gasteiger partial charge in [0, 0.05) is 5.39 Å². The number of H-pyrrole nitrogens is 1. The number of para-hydroxylation sites is 1. The summed E-state index contributed by atoms with van der Waals surface area (Å²) in [5.41, 5.74) is 4.25. The molecule has 0 radical (unpaired) electrons. The molecule has 0 atom stereocenters. The molecule has 0 saturated carbocycles. The number of rotatable bonds is 3. The molecule has 4 aromatic rings. The molecule has 0 unspecified atom stereocenters. The zero-order valence-electron chi connectivity index (χ0n) is 14.1. The lowest BCUT2D eigenvalue weighted by atomic mass is 10.3. The minimum atomic E-state index is -0.132. The first-order valence-electron chi connectivity index (χ1n) is 7.92. The summed E-state index contributed by atoms with van der Waals surface area (Å²) in [6.07, 6.45) is 0. The average molecular weight is 351 g/mol. The highest BCUT2D eigenvalue weighted by Crippen LogP contribution is 2.31. The Kier molecular flexibility index (Phi) is 3.65. The molecule has 6 nitrogen and oxygen atoms in total. The van der Waals surface area contributed by atoms with Crippen LogP contribution in [0.25, 0.3) is 15.9 Å². The molecular formula is C18H17N5OS. The topological polar surface area (TPSA) is 75.6 Å². The molecule has 0 aliphatic carbocycles. The zero-order chi connectivity index (χ0) is 17.6. The number of aromatic amines is 1. The summed E-state index contributed by atoms with van der Waals surface area (Å²) in [6.45, 7) is 5.71. The minimum absolute atomic E-state index is 0.132. The number of carbonyl (C=O) groups is 1. The molecule has 3 heterocycles. The van der Waals surface area contributed by atoms with Crippen LogP contribution < -0.4 is 5.32 Å². The predicted molar refractivity (Wildman–Crippen MR) is 99.7 cm³/mol. The average Bonchev–Trinajstić information content (AvgIpc) is 3.27. The number of thiophene rings is 1. The largest absolute Gasteiger partial charge is 0.318 e. The molecule has 0 fully saturated rings. The number of anilines is 1. The van der Waals surface area contributed by atoms with Gasteiger partial charge in [-0.1, -0.05) is 18.2 Å². The summed E-state index contributed by atoms with van der Waals surface area (Å²) in [5, 5.41) is 15.5. The van der Waals surface area contributed by atoms with Gasteiger partial charge in [0.1, 0.15) is 4.83 Å². The first kappa shape index (κ1) is 15.6. The molecule has 0 aliphatic rings. The van der Waals surface area contributed by atoms with Crippen molar-refractivity contribution < 1.29 is 4.79 Å². The second-order valence-electron chi connectivity index (χ2n) is 5.93. The van der Waals surface area contributed by atoms with E-state index in [-0.39, 0.29) is 5.91 Å². The van der Waals surface area contributed by atoms with E-state index in [0.717, 1.165) is 38.7 Å². The van der Waals surface area contributed by atoms with Crippen LogP contribution in [0.3, 0.4) is 0 Å². The molecule has 4 rings (SSSR count). The van der Waals surface area contributed by atoms with Gasteiger partial charge in [0.2, 0.25) is 0 Å². The van der Waals surface area contributed by atoms with Gasteiger partial charge in [0.05, 0.1) is 33.3 Å². The molecule has 25 heavy (non-hydrogen) atoms. The Balaban J connectivity index is 1.73. The molecule has 0 aliphatic heterocycles. The van der Waals surface area contributed by atoms with Crippen molar-refractivity contribution in [3.63, 3.8) is 0 Å². The fourth-order valence-corrected chi connectivity index (χ4v) is 3.89. The highest BCUT2D eigenvalue weighted by atomic mass is 32.1. The van der Waals surface area contributed by atoms with Gasteiger partial charge in [0.15, 0.2) is 0 Å². The number of aryl methyl sites for hydroxylation is 3. The maximum atomic E-state index is 12.7. The summed E-state index contributed by atoms with van der Waals surface area (Å²) in [6, 6.07) is 11.8. The van der Waals surface area contributed by atoms with Crippen molar-refractivity contribution in [2.24, 2.45) is 0 Å². The summed E-state index contributed by atoms with van der Waals surface area (Å²) < 4.78 is 1.89. The van der Waals surface area contributed by atoms with E-state index in [4.69, 9.17) is 0 Å². The Morgan fingerprint density at radius 1 is 1.16 bits per heavy atom. The van der Waals surface area contributed by atoms with Crippen LogP contribution >= 0.6 is 11.3 Å². The molecule has 0 bridgehead atoms. The zero-order valence-corrected chi connectivity index (χ0v) is 14.9. The quantitative estimate of drug-likeness (QED) is 0.586.